The number of aliphatic hydroxyl groups is 1. The van der Waals surface area contributed by atoms with Crippen molar-refractivity contribution in [2.24, 2.45) is 0 Å². The van der Waals surface area contributed by atoms with Gasteiger partial charge in [-0.05, 0) is 38.7 Å². The van der Waals surface area contributed by atoms with Crippen LogP contribution in [0.1, 0.15) is 18.6 Å². The van der Waals surface area contributed by atoms with Crippen LogP contribution in [0.3, 0.4) is 0 Å². The largest absolute Gasteiger partial charge is 0.508 e. The summed E-state index contributed by atoms with van der Waals surface area (Å²) in [5.74, 6) is 0.188. The number of aromatic hydroxyl groups is 1. The number of hydrogen-bond acceptors (Lipinski definition) is 3. The highest BCUT2D eigenvalue weighted by atomic mass is 16.3. The summed E-state index contributed by atoms with van der Waals surface area (Å²) in [5, 5.41) is 19.2. The van der Waals surface area contributed by atoms with Gasteiger partial charge in [-0.15, -0.1) is 0 Å². The Hall–Kier alpha value is -1.06. The second-order valence-corrected chi connectivity index (χ2v) is 3.74. The second kappa shape index (κ2) is 4.44. The van der Waals surface area contributed by atoms with Crippen LogP contribution in [-0.4, -0.2) is 35.3 Å². The van der Waals surface area contributed by atoms with Crippen LogP contribution in [0.5, 0.6) is 5.75 Å². The van der Waals surface area contributed by atoms with E-state index in [0.29, 0.717) is 0 Å². The van der Waals surface area contributed by atoms with Crippen molar-refractivity contribution in [1.82, 2.24) is 4.90 Å². The van der Waals surface area contributed by atoms with Crippen molar-refractivity contribution in [3.63, 3.8) is 0 Å². The second-order valence-electron chi connectivity index (χ2n) is 3.74. The third-order valence-electron chi connectivity index (χ3n) is 2.48. The van der Waals surface area contributed by atoms with Crippen molar-refractivity contribution < 1.29 is 10.2 Å². The Balaban J connectivity index is 2.83. The number of likely N-dealkylation sites (N-methyl/N-ethyl adjacent to an activating group) is 1. The standard InChI is InChI=1S/C11H17NO2/c1-8(12(2)3)11(14)9-5-4-6-10(13)7-9/h4-8,11,13-14H,1-3H3. The minimum absolute atomic E-state index is 0.0248. The molecule has 0 bridgehead atoms. The lowest BCUT2D eigenvalue weighted by Gasteiger charge is -2.25. The number of aliphatic hydroxyl groups excluding tert-OH is 1. The first-order valence-electron chi connectivity index (χ1n) is 4.66. The Morgan fingerprint density at radius 2 is 1.93 bits per heavy atom. The van der Waals surface area contributed by atoms with Gasteiger partial charge in [0.25, 0.3) is 0 Å². The fraction of sp³-hybridized carbons (Fsp3) is 0.455. The van der Waals surface area contributed by atoms with E-state index in [1.165, 1.54) is 0 Å². The van der Waals surface area contributed by atoms with E-state index in [9.17, 15) is 10.2 Å². The van der Waals surface area contributed by atoms with Crippen LogP contribution >= 0.6 is 0 Å². The topological polar surface area (TPSA) is 43.7 Å². The van der Waals surface area contributed by atoms with Gasteiger partial charge in [-0.25, -0.2) is 0 Å². The first-order chi connectivity index (χ1) is 6.52. The molecule has 0 saturated carbocycles. The van der Waals surface area contributed by atoms with Crippen LogP contribution in [0.15, 0.2) is 24.3 Å². The lowest BCUT2D eigenvalue weighted by molar-refractivity contribution is 0.0857. The Labute approximate surface area is 84.6 Å². The summed E-state index contributed by atoms with van der Waals surface area (Å²) in [6.45, 7) is 1.94. The molecule has 0 heterocycles. The number of benzene rings is 1. The van der Waals surface area contributed by atoms with Crippen molar-refractivity contribution in [2.45, 2.75) is 19.1 Å². The number of phenols is 1. The quantitative estimate of drug-likeness (QED) is 0.765. The molecular formula is C11H17NO2. The molecule has 0 radical (unpaired) electrons. The van der Waals surface area contributed by atoms with E-state index in [-0.39, 0.29) is 11.8 Å². The Morgan fingerprint density at radius 1 is 1.29 bits per heavy atom. The third-order valence-corrected chi connectivity index (χ3v) is 2.48. The van der Waals surface area contributed by atoms with Crippen LogP contribution in [0.25, 0.3) is 0 Å². The Bertz CT molecular complexity index is 299. The van der Waals surface area contributed by atoms with Gasteiger partial charge in [0.1, 0.15) is 5.75 Å². The summed E-state index contributed by atoms with van der Waals surface area (Å²) in [7, 11) is 3.83. The van der Waals surface area contributed by atoms with Gasteiger partial charge in [-0.1, -0.05) is 12.1 Å². The maximum atomic E-state index is 9.93. The molecule has 2 unspecified atom stereocenters. The molecular weight excluding hydrogens is 178 g/mol. The summed E-state index contributed by atoms with van der Waals surface area (Å²) in [5.41, 5.74) is 0.742. The van der Waals surface area contributed by atoms with E-state index in [0.717, 1.165) is 5.56 Å². The predicted molar refractivity (Wildman–Crippen MR) is 56.2 cm³/mol. The minimum atomic E-state index is -0.572. The molecule has 3 nitrogen and oxygen atoms in total. The molecule has 1 aromatic rings. The van der Waals surface area contributed by atoms with Crippen molar-refractivity contribution >= 4 is 0 Å². The van der Waals surface area contributed by atoms with Crippen LogP contribution < -0.4 is 0 Å². The van der Waals surface area contributed by atoms with Gasteiger partial charge in [0.15, 0.2) is 0 Å². The molecule has 0 amide bonds. The van der Waals surface area contributed by atoms with E-state index in [1.807, 2.05) is 32.0 Å². The summed E-state index contributed by atoms with van der Waals surface area (Å²) < 4.78 is 0. The summed E-state index contributed by atoms with van der Waals surface area (Å²) in [6.07, 6.45) is -0.572. The molecule has 14 heavy (non-hydrogen) atoms. The van der Waals surface area contributed by atoms with Gasteiger partial charge < -0.3 is 15.1 Å². The van der Waals surface area contributed by atoms with Gasteiger partial charge in [-0.2, -0.15) is 0 Å². The Morgan fingerprint density at radius 3 is 2.43 bits per heavy atom. The van der Waals surface area contributed by atoms with Crippen LogP contribution in [0, 0.1) is 0 Å². The normalized spacial score (nSPS) is 15.5. The molecule has 3 heteroatoms. The van der Waals surface area contributed by atoms with Gasteiger partial charge >= 0.3 is 0 Å². The molecule has 0 aliphatic heterocycles. The average molecular weight is 195 g/mol. The third kappa shape index (κ3) is 2.47. The minimum Gasteiger partial charge on any atom is -0.508 e. The van der Waals surface area contributed by atoms with Crippen LogP contribution in [-0.2, 0) is 0 Å². The highest BCUT2D eigenvalue weighted by Crippen LogP contribution is 2.22. The maximum absolute atomic E-state index is 9.93. The van der Waals surface area contributed by atoms with Gasteiger partial charge in [-0.3, -0.25) is 0 Å². The number of hydrogen-bond donors (Lipinski definition) is 2. The maximum Gasteiger partial charge on any atom is 0.115 e. The molecule has 0 aromatic heterocycles. The number of phenolic OH excluding ortho intramolecular Hbond substituents is 1. The first kappa shape index (κ1) is 11.0. The first-order valence-corrected chi connectivity index (χ1v) is 4.66. The van der Waals surface area contributed by atoms with E-state index in [4.69, 9.17) is 0 Å². The SMILES string of the molecule is CC(C(O)c1cccc(O)c1)N(C)C. The lowest BCUT2D eigenvalue weighted by Crippen LogP contribution is -2.30. The van der Waals surface area contributed by atoms with Crippen LogP contribution in [0.4, 0.5) is 0 Å². The zero-order valence-electron chi connectivity index (χ0n) is 8.81. The fourth-order valence-corrected chi connectivity index (χ4v) is 1.27. The molecule has 0 saturated heterocycles. The van der Waals surface area contributed by atoms with E-state index < -0.39 is 6.10 Å². The van der Waals surface area contributed by atoms with Gasteiger partial charge in [0.05, 0.1) is 6.10 Å². The molecule has 0 fully saturated rings. The van der Waals surface area contributed by atoms with Crippen molar-refractivity contribution in [3.8, 4) is 5.75 Å². The molecule has 1 aromatic carbocycles. The van der Waals surface area contributed by atoms with Crippen molar-refractivity contribution in [2.75, 3.05) is 14.1 Å². The monoisotopic (exact) mass is 195 g/mol. The highest BCUT2D eigenvalue weighted by Gasteiger charge is 2.17. The zero-order chi connectivity index (χ0) is 10.7. The molecule has 0 aliphatic carbocycles. The van der Waals surface area contributed by atoms with Crippen molar-refractivity contribution in [1.29, 1.82) is 0 Å². The summed E-state index contributed by atoms with van der Waals surface area (Å²) in [6, 6.07) is 6.75. The summed E-state index contributed by atoms with van der Waals surface area (Å²) in [4.78, 5) is 1.94. The molecule has 2 N–H and O–H groups in total. The highest BCUT2D eigenvalue weighted by molar-refractivity contribution is 5.29. The number of nitrogens with zero attached hydrogens (tertiary/aromatic N) is 1. The summed E-state index contributed by atoms with van der Waals surface area (Å²) >= 11 is 0. The Kier molecular flexibility index (Phi) is 3.49. The van der Waals surface area contributed by atoms with E-state index in [2.05, 4.69) is 0 Å². The average Bonchev–Trinajstić information content (AvgIpc) is 2.15. The predicted octanol–water partition coefficient (Wildman–Crippen LogP) is 1.38. The fourth-order valence-electron chi connectivity index (χ4n) is 1.27. The molecule has 0 spiro atoms. The van der Waals surface area contributed by atoms with E-state index in [1.54, 1.807) is 18.2 Å². The smallest absolute Gasteiger partial charge is 0.115 e. The van der Waals surface area contributed by atoms with Crippen LogP contribution in [0.2, 0.25) is 0 Å². The molecule has 78 valence electrons. The number of rotatable bonds is 3. The van der Waals surface area contributed by atoms with Gasteiger partial charge in [0.2, 0.25) is 0 Å². The molecule has 0 aliphatic rings. The van der Waals surface area contributed by atoms with E-state index >= 15 is 0 Å². The molecule has 2 atom stereocenters. The van der Waals surface area contributed by atoms with Gasteiger partial charge in [0, 0.05) is 6.04 Å². The zero-order valence-corrected chi connectivity index (χ0v) is 8.81. The van der Waals surface area contributed by atoms with Crippen molar-refractivity contribution in [3.05, 3.63) is 29.8 Å². The lowest BCUT2D eigenvalue weighted by atomic mass is 10.0. The molecule has 1 rings (SSSR count).